The number of nitrogens with one attached hydrogen (secondary N) is 2. The van der Waals surface area contributed by atoms with Gasteiger partial charge in [-0.3, -0.25) is 4.79 Å². The molecule has 2 aliphatic rings. The number of carbonyl (C=O) groups is 2. The molecule has 1 saturated heterocycles. The third-order valence-corrected chi connectivity index (χ3v) is 5.60. The fourth-order valence-corrected chi connectivity index (χ4v) is 3.85. The van der Waals surface area contributed by atoms with Crippen LogP contribution in [0.3, 0.4) is 0 Å². The van der Waals surface area contributed by atoms with Gasteiger partial charge in [-0.2, -0.15) is 13.2 Å². The van der Waals surface area contributed by atoms with Crippen LogP contribution in [0, 0.1) is 0 Å². The highest BCUT2D eigenvalue weighted by atomic mass is 19.4. The maximum atomic E-state index is 12.6. The van der Waals surface area contributed by atoms with Crippen LogP contribution in [0.4, 0.5) is 23.8 Å². The van der Waals surface area contributed by atoms with Crippen LogP contribution in [-0.4, -0.2) is 60.6 Å². The second kappa shape index (κ2) is 9.99. The first-order chi connectivity index (χ1) is 14.3. The average molecular weight is 427 g/mol. The molecule has 3 amide bonds. The van der Waals surface area contributed by atoms with Crippen LogP contribution < -0.4 is 15.5 Å². The molecular weight excluding hydrogens is 399 g/mol. The number of rotatable bonds is 5. The first-order valence-electron chi connectivity index (χ1n) is 10.4. The quantitative estimate of drug-likeness (QED) is 0.758. The Morgan fingerprint density at radius 2 is 1.77 bits per heavy atom. The highest BCUT2D eigenvalue weighted by Gasteiger charge is 2.31. The van der Waals surface area contributed by atoms with E-state index in [9.17, 15) is 22.8 Å². The van der Waals surface area contributed by atoms with E-state index in [2.05, 4.69) is 15.6 Å². The first-order valence-corrected chi connectivity index (χ1v) is 10.4. The van der Waals surface area contributed by atoms with Crippen LogP contribution in [0.25, 0.3) is 0 Å². The minimum atomic E-state index is -4.40. The molecule has 2 heterocycles. The number of urea groups is 1. The van der Waals surface area contributed by atoms with Crippen molar-refractivity contribution in [2.24, 2.45) is 0 Å². The van der Waals surface area contributed by atoms with Crippen molar-refractivity contribution in [2.45, 2.75) is 50.7 Å². The molecule has 1 aromatic rings. The molecule has 1 saturated carbocycles. The number of anilines is 1. The van der Waals surface area contributed by atoms with Gasteiger partial charge in [0.05, 0.1) is 5.56 Å². The summed E-state index contributed by atoms with van der Waals surface area (Å²) < 4.78 is 37.9. The largest absolute Gasteiger partial charge is 0.417 e. The molecule has 2 N–H and O–H groups in total. The maximum Gasteiger partial charge on any atom is 0.417 e. The summed E-state index contributed by atoms with van der Waals surface area (Å²) in [5.74, 6) is 0.421. The molecule has 7 nitrogen and oxygen atoms in total. The monoisotopic (exact) mass is 427 g/mol. The summed E-state index contributed by atoms with van der Waals surface area (Å²) in [5.41, 5.74) is -0.778. The topological polar surface area (TPSA) is 77.6 Å². The Hall–Kier alpha value is -2.52. The Labute approximate surface area is 174 Å². The van der Waals surface area contributed by atoms with Crippen molar-refractivity contribution in [1.29, 1.82) is 0 Å². The smallest absolute Gasteiger partial charge is 0.353 e. The van der Waals surface area contributed by atoms with Crippen LogP contribution in [-0.2, 0) is 11.0 Å². The van der Waals surface area contributed by atoms with Crippen LogP contribution in [0.5, 0.6) is 0 Å². The van der Waals surface area contributed by atoms with Gasteiger partial charge in [-0.05, 0) is 25.0 Å². The van der Waals surface area contributed by atoms with E-state index >= 15 is 0 Å². The fraction of sp³-hybridized carbons (Fsp3) is 0.650. The normalized spacial score (nSPS) is 18.2. The van der Waals surface area contributed by atoms with Crippen molar-refractivity contribution < 1.29 is 22.8 Å². The van der Waals surface area contributed by atoms with E-state index in [0.29, 0.717) is 32.0 Å². The molecule has 10 heteroatoms. The first kappa shape index (κ1) is 22.2. The Bertz CT molecular complexity index is 712. The zero-order chi connectivity index (χ0) is 21.6. The Kier molecular flexibility index (Phi) is 7.38. The van der Waals surface area contributed by atoms with E-state index in [1.807, 2.05) is 4.90 Å². The molecule has 166 valence electrons. The number of pyridine rings is 1. The van der Waals surface area contributed by atoms with Crippen molar-refractivity contribution >= 4 is 17.8 Å². The Morgan fingerprint density at radius 1 is 1.07 bits per heavy atom. The van der Waals surface area contributed by atoms with Crippen molar-refractivity contribution in [3.8, 4) is 0 Å². The molecule has 0 radical (unpaired) electrons. The molecule has 0 spiro atoms. The van der Waals surface area contributed by atoms with Gasteiger partial charge in [0.15, 0.2) is 0 Å². The van der Waals surface area contributed by atoms with E-state index in [0.717, 1.165) is 37.9 Å². The predicted octanol–water partition coefficient (Wildman–Crippen LogP) is 2.77. The van der Waals surface area contributed by atoms with Gasteiger partial charge in [-0.25, -0.2) is 9.78 Å². The van der Waals surface area contributed by atoms with Gasteiger partial charge < -0.3 is 20.4 Å². The molecule has 1 aliphatic carbocycles. The number of amides is 3. The highest BCUT2D eigenvalue weighted by Crippen LogP contribution is 2.29. The summed E-state index contributed by atoms with van der Waals surface area (Å²) in [6.07, 6.45) is 2.14. The standard InChI is InChI=1S/C20H28F3N5O2/c21-20(22,23)15-6-7-17(25-14-15)27-10-12-28(13-11-27)18(29)8-9-24-19(30)26-16-4-2-1-3-5-16/h6-7,14,16H,1-5,8-13H2,(H2,24,26,30). The molecule has 0 aromatic carbocycles. The molecule has 0 unspecified atom stereocenters. The Balaban J connectivity index is 1.36. The fourth-order valence-electron chi connectivity index (χ4n) is 3.85. The van der Waals surface area contributed by atoms with E-state index in [1.165, 1.54) is 12.5 Å². The molecule has 0 atom stereocenters. The van der Waals surface area contributed by atoms with Crippen LogP contribution in [0.2, 0.25) is 0 Å². The lowest BCUT2D eigenvalue weighted by Crippen LogP contribution is -2.50. The van der Waals surface area contributed by atoms with Gasteiger partial charge in [-0.1, -0.05) is 19.3 Å². The second-order valence-electron chi connectivity index (χ2n) is 7.76. The van der Waals surface area contributed by atoms with Crippen LogP contribution in [0.1, 0.15) is 44.1 Å². The second-order valence-corrected chi connectivity index (χ2v) is 7.76. The zero-order valence-corrected chi connectivity index (χ0v) is 16.9. The number of aromatic nitrogens is 1. The maximum absolute atomic E-state index is 12.6. The SMILES string of the molecule is O=C(NCCC(=O)N1CCN(c2ccc(C(F)(F)F)cn2)CC1)NC1CCCCC1. The summed E-state index contributed by atoms with van der Waals surface area (Å²) in [4.78, 5) is 31.8. The van der Waals surface area contributed by atoms with Crippen LogP contribution >= 0.6 is 0 Å². The van der Waals surface area contributed by atoms with Gasteiger partial charge in [0, 0.05) is 51.4 Å². The lowest BCUT2D eigenvalue weighted by atomic mass is 9.96. The number of piperazine rings is 1. The van der Waals surface area contributed by atoms with E-state index in [4.69, 9.17) is 0 Å². The van der Waals surface area contributed by atoms with E-state index in [-0.39, 0.29) is 30.9 Å². The number of nitrogens with zero attached hydrogens (tertiary/aromatic N) is 3. The van der Waals surface area contributed by atoms with Crippen molar-refractivity contribution in [1.82, 2.24) is 20.5 Å². The van der Waals surface area contributed by atoms with Gasteiger partial charge in [-0.15, -0.1) is 0 Å². The third-order valence-electron chi connectivity index (χ3n) is 5.60. The number of alkyl halides is 3. The van der Waals surface area contributed by atoms with E-state index < -0.39 is 11.7 Å². The van der Waals surface area contributed by atoms with Crippen molar-refractivity contribution in [3.05, 3.63) is 23.9 Å². The van der Waals surface area contributed by atoms with Gasteiger partial charge >= 0.3 is 12.2 Å². The summed E-state index contributed by atoms with van der Waals surface area (Å²) in [6.45, 7) is 2.21. The summed E-state index contributed by atoms with van der Waals surface area (Å²) in [7, 11) is 0. The zero-order valence-electron chi connectivity index (χ0n) is 16.9. The molecule has 30 heavy (non-hydrogen) atoms. The molecule has 0 bridgehead atoms. The average Bonchev–Trinajstić information content (AvgIpc) is 2.74. The summed E-state index contributed by atoms with van der Waals surface area (Å²) >= 11 is 0. The number of carbonyl (C=O) groups excluding carboxylic acids is 2. The number of halogens is 3. The predicted molar refractivity (Wildman–Crippen MR) is 106 cm³/mol. The molecule has 3 rings (SSSR count). The molecule has 1 aromatic heterocycles. The van der Waals surface area contributed by atoms with Crippen LogP contribution in [0.15, 0.2) is 18.3 Å². The summed E-state index contributed by atoms with van der Waals surface area (Å²) in [6, 6.07) is 2.37. The molecular formula is C20H28F3N5O2. The Morgan fingerprint density at radius 3 is 2.37 bits per heavy atom. The molecule has 2 fully saturated rings. The minimum absolute atomic E-state index is 0.0482. The van der Waals surface area contributed by atoms with Crippen molar-refractivity contribution in [2.75, 3.05) is 37.6 Å². The van der Waals surface area contributed by atoms with Gasteiger partial charge in [0.2, 0.25) is 5.91 Å². The minimum Gasteiger partial charge on any atom is -0.353 e. The lowest BCUT2D eigenvalue weighted by Gasteiger charge is -2.35. The van der Waals surface area contributed by atoms with Gasteiger partial charge in [0.25, 0.3) is 0 Å². The number of hydrogen-bond acceptors (Lipinski definition) is 4. The lowest BCUT2D eigenvalue weighted by molar-refractivity contribution is -0.137. The number of hydrogen-bond donors (Lipinski definition) is 2. The molecule has 1 aliphatic heterocycles. The third kappa shape index (κ3) is 6.24. The van der Waals surface area contributed by atoms with Crippen molar-refractivity contribution in [3.63, 3.8) is 0 Å². The summed E-state index contributed by atoms with van der Waals surface area (Å²) in [5, 5.41) is 5.69. The highest BCUT2D eigenvalue weighted by molar-refractivity contribution is 5.78. The van der Waals surface area contributed by atoms with Gasteiger partial charge in [0.1, 0.15) is 5.82 Å². The van der Waals surface area contributed by atoms with E-state index in [1.54, 1.807) is 4.90 Å².